The molecule has 0 aliphatic heterocycles. The molecule has 0 aromatic carbocycles. The van der Waals surface area contributed by atoms with Gasteiger partial charge in [-0.1, -0.05) is 624 Å². The van der Waals surface area contributed by atoms with Crippen molar-refractivity contribution in [2.75, 3.05) is 0 Å². The molecular weight excluding hydrogens is 1800 g/mol. The van der Waals surface area contributed by atoms with Crippen LogP contribution < -0.4 is 34.5 Å². The van der Waals surface area contributed by atoms with Crippen molar-refractivity contribution < 1.29 is 27.0 Å². The molecule has 6 N–H and O–H groups in total. The molecular formula is C121H229N11O12. The van der Waals surface area contributed by atoms with E-state index in [9.17, 15) is 28.8 Å². The first-order valence-electron chi connectivity index (χ1n) is 61.7. The average molecular weight is 2030 g/mol. The summed E-state index contributed by atoms with van der Waals surface area (Å²) in [6, 6.07) is 0. The van der Waals surface area contributed by atoms with Crippen molar-refractivity contribution in [3.05, 3.63) is 104 Å². The molecule has 3 atom stereocenters. The number of nitrogens with zero attached hydrogens (tertiary/aromatic N) is 5. The lowest BCUT2D eigenvalue weighted by Crippen LogP contribution is -2.25. The van der Waals surface area contributed by atoms with Crippen LogP contribution in [0, 0.1) is 0 Å². The van der Waals surface area contributed by atoms with Crippen molar-refractivity contribution in [1.82, 2.24) is 55.7 Å². The van der Waals surface area contributed by atoms with E-state index < -0.39 is 28.8 Å². The van der Waals surface area contributed by atoms with Crippen LogP contribution in [0.25, 0.3) is 0 Å². The molecule has 0 saturated heterocycles. The van der Waals surface area contributed by atoms with Crippen LogP contribution in [-0.2, 0) is 22.7 Å². The average Bonchev–Trinajstić information content (AvgIpc) is 1.72. The summed E-state index contributed by atoms with van der Waals surface area (Å²) in [5, 5.41) is 19.0. The molecule has 0 amide bonds. The van der Waals surface area contributed by atoms with Crippen LogP contribution in [0.4, 0.5) is 0 Å². The van der Waals surface area contributed by atoms with Crippen LogP contribution in [0.15, 0.2) is 62.1 Å². The van der Waals surface area contributed by atoms with Crippen LogP contribution in [0.3, 0.4) is 0 Å². The Balaban J connectivity index is 0.000000865. The van der Waals surface area contributed by atoms with Crippen molar-refractivity contribution >= 4 is 0 Å². The Morgan fingerprint density at radius 3 is 0.785 bits per heavy atom. The number of oxazole rings is 1. The largest absolute Gasteiger partial charge is 0.438 e. The van der Waals surface area contributed by atoms with Gasteiger partial charge in [-0.05, 0) is 64.2 Å². The second kappa shape index (κ2) is 97.5. The number of rotatable bonds is 94. The minimum atomic E-state index is -0.455. The van der Waals surface area contributed by atoms with Gasteiger partial charge >= 0.3 is 34.5 Å². The van der Waals surface area contributed by atoms with E-state index in [0.29, 0.717) is 29.2 Å². The Labute approximate surface area is 878 Å². The lowest BCUT2D eigenvalue weighted by Gasteiger charge is -2.30. The second-order valence-corrected chi connectivity index (χ2v) is 44.1. The van der Waals surface area contributed by atoms with Crippen molar-refractivity contribution in [3.8, 4) is 0 Å². The lowest BCUT2D eigenvalue weighted by molar-refractivity contribution is 0.333. The summed E-state index contributed by atoms with van der Waals surface area (Å²) in [5.41, 5.74) is 0.907. The fourth-order valence-electron chi connectivity index (χ4n) is 20.1. The molecule has 23 heteroatoms. The van der Waals surface area contributed by atoms with Gasteiger partial charge < -0.3 is 4.42 Å². The minimum absolute atomic E-state index is 0.0655. The van der Waals surface area contributed by atoms with Crippen molar-refractivity contribution in [2.45, 2.75) is 696 Å². The molecule has 6 rings (SSSR count). The summed E-state index contributed by atoms with van der Waals surface area (Å²) in [5.74, 6) is 1.55. The van der Waals surface area contributed by atoms with Gasteiger partial charge in [0.05, 0.1) is 5.69 Å². The van der Waals surface area contributed by atoms with Gasteiger partial charge in [0.25, 0.3) is 0 Å². The quantitative estimate of drug-likeness (QED) is 0.0193. The summed E-state index contributed by atoms with van der Waals surface area (Å²) < 4.78 is 27.9. The third-order valence-corrected chi connectivity index (χ3v) is 30.7. The number of unbranched alkanes of at least 4 members (excludes halogenated alkanes) is 73. The Morgan fingerprint density at radius 2 is 0.514 bits per heavy atom. The topological polar surface area (TPSA) is 340 Å². The van der Waals surface area contributed by atoms with Gasteiger partial charge in [-0.2, -0.15) is 0 Å². The third-order valence-electron chi connectivity index (χ3n) is 30.7. The highest BCUT2D eigenvalue weighted by Crippen LogP contribution is 2.37. The summed E-state index contributed by atoms with van der Waals surface area (Å²) in [6.45, 7) is 30.9. The Morgan fingerprint density at radius 1 is 0.250 bits per heavy atom. The van der Waals surface area contributed by atoms with Crippen molar-refractivity contribution in [3.63, 3.8) is 0 Å². The molecule has 144 heavy (non-hydrogen) atoms. The van der Waals surface area contributed by atoms with Gasteiger partial charge in [-0.15, -0.1) is 0 Å². The maximum absolute atomic E-state index is 11.3. The number of H-pyrrole nitrogens is 6. The van der Waals surface area contributed by atoms with E-state index in [1.54, 1.807) is 6.26 Å². The van der Waals surface area contributed by atoms with Crippen molar-refractivity contribution in [2.24, 2.45) is 0 Å². The van der Waals surface area contributed by atoms with E-state index in [2.05, 4.69) is 175 Å². The summed E-state index contributed by atoms with van der Waals surface area (Å²) in [4.78, 5) is 82.4. The number of aromatic amines is 6. The summed E-state index contributed by atoms with van der Waals surface area (Å²) in [7, 11) is 0. The molecule has 6 heterocycles. The van der Waals surface area contributed by atoms with Gasteiger partial charge in [-0.25, -0.2) is 28.8 Å². The molecule has 0 fully saturated rings. The zero-order valence-corrected chi connectivity index (χ0v) is 96.3. The SMILES string of the molecule is CCCCCCCCCCCCCCCC(C)(C)c1noc(=O)[nH]1.CCCCCCCCCCCCCCCC(C)(CC)c1noc(=O)[nH]1.CCCCCCCCCCCCCCCC(C)c1noc(=O)[nH]1.CCCCCCCCCCCCCCCC(CC)(CC)c1coc(=O)[nH]1.CCCCCCCCCCCCCCCC(CC)c1noc(=O)[nH]1.CCCCCCCCCCCCCCCCc1noc(=O)[nH]1. The minimum Gasteiger partial charge on any atom is -0.416 e. The van der Waals surface area contributed by atoms with Gasteiger partial charge in [-0.3, -0.25) is 52.5 Å². The monoisotopic (exact) mass is 2030 g/mol. The van der Waals surface area contributed by atoms with E-state index in [1.165, 1.54) is 501 Å². The summed E-state index contributed by atoms with van der Waals surface area (Å²) >= 11 is 0. The lowest BCUT2D eigenvalue weighted by atomic mass is 9.75. The number of aromatic nitrogens is 11. The van der Waals surface area contributed by atoms with Gasteiger partial charge in [0.1, 0.15) is 6.26 Å². The summed E-state index contributed by atoms with van der Waals surface area (Å²) in [6.07, 6.45) is 120. The number of hydrogen-bond donors (Lipinski definition) is 6. The molecule has 23 nitrogen and oxygen atoms in total. The van der Waals surface area contributed by atoms with Crippen LogP contribution in [0.1, 0.15) is 709 Å². The predicted molar refractivity (Wildman–Crippen MR) is 605 cm³/mol. The van der Waals surface area contributed by atoms with Crippen LogP contribution in [0.2, 0.25) is 0 Å². The second-order valence-electron chi connectivity index (χ2n) is 44.1. The van der Waals surface area contributed by atoms with Crippen LogP contribution >= 0.6 is 0 Å². The molecule has 0 radical (unpaired) electrons. The molecule has 840 valence electrons. The van der Waals surface area contributed by atoms with E-state index in [1.807, 2.05) is 0 Å². The van der Waals surface area contributed by atoms with Gasteiger partial charge in [0.15, 0.2) is 29.1 Å². The van der Waals surface area contributed by atoms with E-state index in [0.717, 1.165) is 82.1 Å². The Bertz CT molecular complexity index is 3990. The molecule has 3 unspecified atom stereocenters. The first-order chi connectivity index (χ1) is 70.2. The standard InChI is InChI=1S/C23H43NO2.C21H40N2O2.2C20H38N2O2.C19H36N2O2.C18H34N2O2/c1-4-7-8-9-10-11-12-13-14-15-16-17-18-19-23(5-2,6-3)21-20-26-22(25)24-21;1-4-6-7-8-9-10-11-12-13-14-15-16-17-18-21(3,5-2)19-22-20(24)25-23-19;1-4-5-6-7-8-9-10-11-12-13-14-15-16-17-20(2,3)18-21-19(23)24-22-18;1-3-5-6-7-8-9-10-11-12-13-14-15-16-17-18(4-2)19-21-20(23)24-22-19;1-3-4-5-6-7-8-9-10-11-12-13-14-15-16-17(2)18-20-19(22)23-21-18;1-2-3-4-5-6-7-8-9-10-11-12-13-14-15-16-17-19-18(21)22-20-17/h20H,4-19H2,1-3H3,(H,24,25);4-18H2,1-3H3,(H,22,23,24);4-17H2,1-3H3,(H,21,22,23);18H,3-17H2,1-2H3,(H,21,22,23);17H,3-16H2,1-2H3,(H,20,21,22);2-16H2,1H3,(H,19,20,21). The molecule has 0 aliphatic carbocycles. The first kappa shape index (κ1) is 136. The number of hydrogen-bond acceptors (Lipinski definition) is 17. The highest BCUT2D eigenvalue weighted by molar-refractivity contribution is 5.11. The zero-order valence-electron chi connectivity index (χ0n) is 96.3. The smallest absolute Gasteiger partial charge is 0.416 e. The maximum Gasteiger partial charge on any atom is 0.438 e. The molecule has 6 aromatic heterocycles. The van der Waals surface area contributed by atoms with E-state index in [4.69, 9.17) is 4.42 Å². The zero-order chi connectivity index (χ0) is 105. The van der Waals surface area contributed by atoms with Gasteiger partial charge in [0, 0.05) is 34.5 Å². The first-order valence-corrected chi connectivity index (χ1v) is 61.7. The Hall–Kier alpha value is -6.29. The Kier molecular flexibility index (Phi) is 91.9. The number of aryl methyl sites for hydroxylation is 1. The van der Waals surface area contributed by atoms with Crippen LogP contribution in [-0.4, -0.2) is 55.7 Å². The molecule has 6 aromatic rings. The normalized spacial score (nSPS) is 12.4. The molecule has 0 saturated carbocycles. The van der Waals surface area contributed by atoms with Gasteiger partial charge in [0.2, 0.25) is 0 Å². The fourth-order valence-corrected chi connectivity index (χ4v) is 20.1. The van der Waals surface area contributed by atoms with Crippen molar-refractivity contribution in [1.29, 1.82) is 0 Å². The molecule has 0 spiro atoms. The van der Waals surface area contributed by atoms with Crippen LogP contribution in [0.5, 0.6) is 0 Å². The van der Waals surface area contributed by atoms with E-state index in [-0.39, 0.29) is 27.9 Å². The predicted octanol–water partition coefficient (Wildman–Crippen LogP) is 37.8. The number of nitrogens with one attached hydrogen (secondary N) is 6. The molecule has 0 bridgehead atoms. The molecule has 0 aliphatic rings. The highest BCUT2D eigenvalue weighted by Gasteiger charge is 2.32. The maximum atomic E-state index is 11.3. The highest BCUT2D eigenvalue weighted by atomic mass is 16.5. The van der Waals surface area contributed by atoms with E-state index >= 15 is 0 Å². The third kappa shape index (κ3) is 77.1. The fraction of sp³-hybridized carbons (Fsp3) is 0.893.